The molecular weight excluding hydrogens is 334 g/mol. The molecule has 3 rings (SSSR count). The first-order valence-corrected chi connectivity index (χ1v) is 8.11. The van der Waals surface area contributed by atoms with Crippen molar-refractivity contribution in [3.8, 4) is 5.69 Å². The highest BCUT2D eigenvalue weighted by atomic mass is 35.5. The Bertz CT molecular complexity index is 872. The molecule has 0 N–H and O–H groups in total. The van der Waals surface area contributed by atoms with E-state index in [1.807, 2.05) is 24.4 Å². The first kappa shape index (κ1) is 15.6. The molecule has 0 unspecified atom stereocenters. The van der Waals surface area contributed by atoms with Crippen LogP contribution in [0.3, 0.4) is 0 Å². The van der Waals surface area contributed by atoms with E-state index in [9.17, 15) is 4.79 Å². The molecule has 1 aromatic carbocycles. The fourth-order valence-corrected chi connectivity index (χ4v) is 2.98. The molecule has 0 saturated carbocycles. The van der Waals surface area contributed by atoms with E-state index in [1.165, 1.54) is 21.0 Å². The summed E-state index contributed by atoms with van der Waals surface area (Å²) in [5.41, 5.74) is 2.42. The average Bonchev–Trinajstić information content (AvgIpc) is 3.12. The SMILES string of the molecule is Cc1csc(N(C)C(=O)c2nn(-c3cccc(Cl)c3)nc2C)n1. The van der Waals surface area contributed by atoms with Crippen LogP contribution in [0.4, 0.5) is 5.13 Å². The van der Waals surface area contributed by atoms with Gasteiger partial charge in [-0.05, 0) is 32.0 Å². The Morgan fingerprint density at radius 1 is 1.30 bits per heavy atom. The minimum absolute atomic E-state index is 0.245. The number of thiazole rings is 1. The highest BCUT2D eigenvalue weighted by molar-refractivity contribution is 7.14. The number of aryl methyl sites for hydroxylation is 2. The summed E-state index contributed by atoms with van der Waals surface area (Å²) in [7, 11) is 1.68. The molecule has 23 heavy (non-hydrogen) atoms. The maximum Gasteiger partial charge on any atom is 0.282 e. The van der Waals surface area contributed by atoms with Crippen LogP contribution < -0.4 is 4.90 Å². The van der Waals surface area contributed by atoms with Gasteiger partial charge in [-0.3, -0.25) is 9.69 Å². The third-order valence-corrected chi connectivity index (χ3v) is 4.49. The van der Waals surface area contributed by atoms with Crippen molar-refractivity contribution in [1.82, 2.24) is 20.0 Å². The Morgan fingerprint density at radius 2 is 2.09 bits per heavy atom. The lowest BCUT2D eigenvalue weighted by molar-refractivity contribution is 0.0987. The topological polar surface area (TPSA) is 63.9 Å². The molecule has 0 spiro atoms. The predicted molar refractivity (Wildman–Crippen MR) is 90.7 cm³/mol. The third-order valence-electron chi connectivity index (χ3n) is 3.22. The lowest BCUT2D eigenvalue weighted by atomic mass is 10.3. The van der Waals surface area contributed by atoms with Crippen molar-refractivity contribution < 1.29 is 4.79 Å². The molecule has 2 heterocycles. The second-order valence-electron chi connectivity index (χ2n) is 5.04. The van der Waals surface area contributed by atoms with Crippen LogP contribution in [0, 0.1) is 13.8 Å². The molecule has 0 aliphatic rings. The maximum absolute atomic E-state index is 12.6. The van der Waals surface area contributed by atoms with E-state index in [1.54, 1.807) is 26.1 Å². The summed E-state index contributed by atoms with van der Waals surface area (Å²) in [6.45, 7) is 3.64. The van der Waals surface area contributed by atoms with Crippen molar-refractivity contribution >= 4 is 34.0 Å². The zero-order valence-electron chi connectivity index (χ0n) is 12.8. The van der Waals surface area contributed by atoms with E-state index in [-0.39, 0.29) is 5.91 Å². The number of benzene rings is 1. The number of hydrogen-bond acceptors (Lipinski definition) is 5. The van der Waals surface area contributed by atoms with Gasteiger partial charge < -0.3 is 0 Å². The Balaban J connectivity index is 1.93. The lowest BCUT2D eigenvalue weighted by Gasteiger charge is -2.11. The van der Waals surface area contributed by atoms with E-state index in [2.05, 4.69) is 15.2 Å². The van der Waals surface area contributed by atoms with Crippen molar-refractivity contribution in [3.63, 3.8) is 0 Å². The van der Waals surface area contributed by atoms with Crippen LogP contribution in [0.15, 0.2) is 29.6 Å². The number of amides is 1. The molecule has 2 aromatic heterocycles. The van der Waals surface area contributed by atoms with Crippen molar-refractivity contribution in [2.24, 2.45) is 0 Å². The zero-order valence-corrected chi connectivity index (χ0v) is 14.4. The van der Waals surface area contributed by atoms with Crippen molar-refractivity contribution in [3.05, 3.63) is 51.7 Å². The number of aromatic nitrogens is 4. The summed E-state index contributed by atoms with van der Waals surface area (Å²) in [4.78, 5) is 19.8. The van der Waals surface area contributed by atoms with Crippen molar-refractivity contribution in [1.29, 1.82) is 0 Å². The fourth-order valence-electron chi connectivity index (χ4n) is 2.03. The summed E-state index contributed by atoms with van der Waals surface area (Å²) in [6, 6.07) is 7.14. The molecule has 8 heteroatoms. The molecule has 0 atom stereocenters. The van der Waals surface area contributed by atoms with Crippen LogP contribution in [0.2, 0.25) is 5.02 Å². The van der Waals surface area contributed by atoms with Gasteiger partial charge in [0.2, 0.25) is 0 Å². The Kier molecular flexibility index (Phi) is 4.14. The number of nitrogens with zero attached hydrogens (tertiary/aromatic N) is 5. The van der Waals surface area contributed by atoms with Gasteiger partial charge in [0.05, 0.1) is 17.1 Å². The Morgan fingerprint density at radius 3 is 2.74 bits per heavy atom. The van der Waals surface area contributed by atoms with Crippen LogP contribution >= 0.6 is 22.9 Å². The number of hydrogen-bond donors (Lipinski definition) is 0. The van der Waals surface area contributed by atoms with E-state index in [0.717, 1.165) is 5.69 Å². The van der Waals surface area contributed by atoms with Crippen LogP contribution in [-0.2, 0) is 0 Å². The molecular formula is C15H14ClN5OS. The Hall–Kier alpha value is -2.25. The number of carbonyl (C=O) groups is 1. The van der Waals surface area contributed by atoms with Gasteiger partial charge in [0.25, 0.3) is 5.91 Å². The standard InChI is InChI=1S/C15H14ClN5OS/c1-9-8-23-15(17-9)20(3)14(22)13-10(2)18-21(19-13)12-6-4-5-11(16)7-12/h4-8H,1-3H3. The van der Waals surface area contributed by atoms with Gasteiger partial charge >= 0.3 is 0 Å². The van der Waals surface area contributed by atoms with Crippen LogP contribution in [0.25, 0.3) is 5.69 Å². The highest BCUT2D eigenvalue weighted by Crippen LogP contribution is 2.21. The van der Waals surface area contributed by atoms with Crippen LogP contribution in [0.5, 0.6) is 0 Å². The number of halogens is 1. The number of anilines is 1. The summed E-state index contributed by atoms with van der Waals surface area (Å²) in [5, 5.41) is 11.7. The molecule has 0 saturated heterocycles. The quantitative estimate of drug-likeness (QED) is 0.729. The van der Waals surface area contributed by atoms with Crippen LogP contribution in [-0.4, -0.2) is 32.9 Å². The molecule has 0 aliphatic carbocycles. The molecule has 0 fully saturated rings. The summed E-state index contributed by atoms with van der Waals surface area (Å²) < 4.78 is 0. The van der Waals surface area contributed by atoms with Gasteiger partial charge in [0.15, 0.2) is 10.8 Å². The molecule has 0 aliphatic heterocycles. The summed E-state index contributed by atoms with van der Waals surface area (Å²) in [6.07, 6.45) is 0. The Labute approximate surface area is 142 Å². The van der Waals surface area contributed by atoms with Gasteiger partial charge in [-0.2, -0.15) is 9.90 Å². The largest absolute Gasteiger partial charge is 0.286 e. The summed E-state index contributed by atoms with van der Waals surface area (Å²) >= 11 is 7.40. The summed E-state index contributed by atoms with van der Waals surface area (Å²) in [5.74, 6) is -0.245. The molecule has 6 nitrogen and oxygen atoms in total. The maximum atomic E-state index is 12.6. The van der Waals surface area contributed by atoms with Crippen molar-refractivity contribution in [2.75, 3.05) is 11.9 Å². The highest BCUT2D eigenvalue weighted by Gasteiger charge is 2.22. The number of carbonyl (C=O) groups excluding carboxylic acids is 1. The molecule has 0 radical (unpaired) electrons. The van der Waals surface area contributed by atoms with Crippen molar-refractivity contribution in [2.45, 2.75) is 13.8 Å². The van der Waals surface area contributed by atoms with E-state index < -0.39 is 0 Å². The van der Waals surface area contributed by atoms with E-state index >= 15 is 0 Å². The molecule has 1 amide bonds. The van der Waals surface area contributed by atoms with Gasteiger partial charge in [-0.25, -0.2) is 4.98 Å². The molecule has 0 bridgehead atoms. The zero-order chi connectivity index (χ0) is 16.6. The van der Waals surface area contributed by atoms with Gasteiger partial charge in [0.1, 0.15) is 0 Å². The van der Waals surface area contributed by atoms with Gasteiger partial charge in [-0.1, -0.05) is 17.7 Å². The normalized spacial score (nSPS) is 10.8. The monoisotopic (exact) mass is 347 g/mol. The van der Waals surface area contributed by atoms with Crippen LogP contribution in [0.1, 0.15) is 21.9 Å². The van der Waals surface area contributed by atoms with E-state index in [4.69, 9.17) is 11.6 Å². The predicted octanol–water partition coefficient (Wildman–Crippen LogP) is 3.27. The van der Waals surface area contributed by atoms with Gasteiger partial charge in [-0.15, -0.1) is 16.4 Å². The first-order chi connectivity index (χ1) is 11.0. The minimum Gasteiger partial charge on any atom is -0.286 e. The fraction of sp³-hybridized carbons (Fsp3) is 0.200. The molecule has 3 aromatic rings. The second-order valence-corrected chi connectivity index (χ2v) is 6.31. The average molecular weight is 348 g/mol. The second kappa shape index (κ2) is 6.10. The smallest absolute Gasteiger partial charge is 0.282 e. The molecule has 118 valence electrons. The van der Waals surface area contributed by atoms with E-state index in [0.29, 0.717) is 27.2 Å². The minimum atomic E-state index is -0.245. The van der Waals surface area contributed by atoms with Gasteiger partial charge in [0, 0.05) is 17.5 Å². The lowest BCUT2D eigenvalue weighted by Crippen LogP contribution is -2.27. The first-order valence-electron chi connectivity index (χ1n) is 6.86. The number of rotatable bonds is 3. The third kappa shape index (κ3) is 3.11.